The van der Waals surface area contributed by atoms with Gasteiger partial charge in [-0.05, 0) is 53.5 Å². The van der Waals surface area contributed by atoms with E-state index in [0.717, 1.165) is 15.9 Å². The number of nitrogens with zero attached hydrogens (tertiary/aromatic N) is 1. The van der Waals surface area contributed by atoms with Gasteiger partial charge < -0.3 is 5.32 Å². The molecule has 0 spiro atoms. The third kappa shape index (κ3) is 3.10. The van der Waals surface area contributed by atoms with Gasteiger partial charge in [0.2, 0.25) is 0 Å². The van der Waals surface area contributed by atoms with Crippen molar-refractivity contribution in [2.75, 3.05) is 5.32 Å². The van der Waals surface area contributed by atoms with Crippen molar-refractivity contribution in [2.45, 2.75) is 19.9 Å². The van der Waals surface area contributed by atoms with Crippen LogP contribution in [0.2, 0.25) is 0 Å². The lowest BCUT2D eigenvalue weighted by Crippen LogP contribution is -2.11. The van der Waals surface area contributed by atoms with Crippen LogP contribution in [0.1, 0.15) is 24.1 Å². The molecule has 2 nitrogen and oxygen atoms in total. The normalized spacial score (nSPS) is 12.3. The van der Waals surface area contributed by atoms with Crippen molar-refractivity contribution >= 4 is 21.6 Å². The molecule has 0 fully saturated rings. The fourth-order valence-electron chi connectivity index (χ4n) is 1.88. The summed E-state index contributed by atoms with van der Waals surface area (Å²) < 4.78 is 28.0. The van der Waals surface area contributed by atoms with Gasteiger partial charge in [0.15, 0.2) is 0 Å². The van der Waals surface area contributed by atoms with Gasteiger partial charge in [0, 0.05) is 5.56 Å². The van der Waals surface area contributed by atoms with Gasteiger partial charge in [0.25, 0.3) is 0 Å². The zero-order valence-corrected chi connectivity index (χ0v) is 12.1. The van der Waals surface area contributed by atoms with Crippen LogP contribution in [0.4, 0.5) is 14.5 Å². The second kappa shape index (κ2) is 5.65. The fourth-order valence-corrected chi connectivity index (χ4v) is 2.10. The quantitative estimate of drug-likeness (QED) is 0.833. The summed E-state index contributed by atoms with van der Waals surface area (Å²) in [4.78, 5) is 4.14. The summed E-state index contributed by atoms with van der Waals surface area (Å²) >= 11 is 3.30. The molecule has 2 aromatic rings. The second-order valence-electron chi connectivity index (χ2n) is 4.33. The number of rotatable bonds is 3. The van der Waals surface area contributed by atoms with Crippen LogP contribution in [0, 0.1) is 18.6 Å². The number of anilines is 1. The van der Waals surface area contributed by atoms with Gasteiger partial charge in [-0.15, -0.1) is 0 Å². The maximum Gasteiger partial charge on any atom is 0.131 e. The smallest absolute Gasteiger partial charge is 0.131 e. The van der Waals surface area contributed by atoms with Gasteiger partial charge in [-0.1, -0.05) is 6.07 Å². The first kappa shape index (κ1) is 13.9. The number of benzene rings is 1. The number of aromatic nitrogens is 1. The molecule has 0 radical (unpaired) electrons. The first-order chi connectivity index (χ1) is 8.99. The van der Waals surface area contributed by atoms with Crippen molar-refractivity contribution in [3.63, 3.8) is 0 Å². The Morgan fingerprint density at radius 3 is 2.47 bits per heavy atom. The summed E-state index contributed by atoms with van der Waals surface area (Å²) in [6, 6.07) is 5.24. The first-order valence-electron chi connectivity index (χ1n) is 5.81. The van der Waals surface area contributed by atoms with Crippen LogP contribution in [0.15, 0.2) is 35.1 Å². The molecular formula is C14H13BrF2N2. The Labute approximate surface area is 119 Å². The molecular weight excluding hydrogens is 314 g/mol. The van der Waals surface area contributed by atoms with E-state index >= 15 is 0 Å². The van der Waals surface area contributed by atoms with Gasteiger partial charge in [-0.3, -0.25) is 0 Å². The largest absolute Gasteiger partial charge is 0.377 e. The Hall–Kier alpha value is -1.49. The summed E-state index contributed by atoms with van der Waals surface area (Å²) in [6.07, 6.45) is 1.62. The monoisotopic (exact) mass is 326 g/mol. The highest BCUT2D eigenvalue weighted by atomic mass is 79.9. The molecule has 0 aliphatic carbocycles. The van der Waals surface area contributed by atoms with Crippen molar-refractivity contribution in [2.24, 2.45) is 0 Å². The molecule has 19 heavy (non-hydrogen) atoms. The van der Waals surface area contributed by atoms with E-state index in [-0.39, 0.29) is 5.56 Å². The van der Waals surface area contributed by atoms with E-state index in [2.05, 4.69) is 26.2 Å². The van der Waals surface area contributed by atoms with Gasteiger partial charge >= 0.3 is 0 Å². The van der Waals surface area contributed by atoms with Crippen LogP contribution in [0.3, 0.4) is 0 Å². The highest BCUT2D eigenvalue weighted by molar-refractivity contribution is 9.10. The molecule has 0 amide bonds. The van der Waals surface area contributed by atoms with Crippen LogP contribution in [-0.4, -0.2) is 4.98 Å². The Morgan fingerprint density at radius 2 is 1.89 bits per heavy atom. The predicted octanol–water partition coefficient (Wildman–Crippen LogP) is 4.60. The van der Waals surface area contributed by atoms with Gasteiger partial charge in [-0.25, -0.2) is 13.8 Å². The van der Waals surface area contributed by atoms with Crippen LogP contribution < -0.4 is 5.32 Å². The van der Waals surface area contributed by atoms with Gasteiger partial charge in [0.05, 0.1) is 17.9 Å². The molecule has 0 saturated carbocycles. The molecule has 0 saturated heterocycles. The molecule has 0 bridgehead atoms. The van der Waals surface area contributed by atoms with Crippen LogP contribution >= 0.6 is 15.9 Å². The number of aryl methyl sites for hydroxylation is 1. The standard InChI is InChI=1S/C14H13BrF2N2/c1-8-6-10(7-18-14(8)15)19-9(2)13-11(16)4-3-5-12(13)17/h3-7,9,19H,1-2H3. The Kier molecular flexibility index (Phi) is 4.14. The average Bonchev–Trinajstić information content (AvgIpc) is 2.33. The van der Waals surface area contributed by atoms with E-state index in [9.17, 15) is 8.78 Å². The molecule has 1 N–H and O–H groups in total. The summed E-state index contributed by atoms with van der Waals surface area (Å²) in [5.74, 6) is -1.11. The Bertz CT molecular complexity index is 582. The highest BCUT2D eigenvalue weighted by Gasteiger charge is 2.16. The van der Waals surface area contributed by atoms with E-state index in [0.29, 0.717) is 0 Å². The maximum absolute atomic E-state index is 13.6. The minimum Gasteiger partial charge on any atom is -0.377 e. The lowest BCUT2D eigenvalue weighted by atomic mass is 10.1. The van der Waals surface area contributed by atoms with Crippen molar-refractivity contribution in [1.82, 2.24) is 4.98 Å². The summed E-state index contributed by atoms with van der Waals surface area (Å²) in [6.45, 7) is 3.61. The SMILES string of the molecule is Cc1cc(NC(C)c2c(F)cccc2F)cnc1Br. The lowest BCUT2D eigenvalue weighted by molar-refractivity contribution is 0.544. The number of nitrogens with one attached hydrogen (secondary N) is 1. The highest BCUT2D eigenvalue weighted by Crippen LogP contribution is 2.25. The number of pyridine rings is 1. The second-order valence-corrected chi connectivity index (χ2v) is 5.08. The van der Waals surface area contributed by atoms with E-state index in [4.69, 9.17) is 0 Å². The van der Waals surface area contributed by atoms with Crippen molar-refractivity contribution < 1.29 is 8.78 Å². The third-order valence-corrected chi connectivity index (χ3v) is 3.66. The number of hydrogen-bond donors (Lipinski definition) is 1. The molecule has 1 heterocycles. The molecule has 1 unspecified atom stereocenters. The van der Waals surface area contributed by atoms with Crippen LogP contribution in [-0.2, 0) is 0 Å². The summed E-state index contributed by atoms with van der Waals surface area (Å²) in [5, 5.41) is 3.04. The number of hydrogen-bond acceptors (Lipinski definition) is 2. The zero-order valence-electron chi connectivity index (χ0n) is 10.5. The molecule has 0 aliphatic rings. The predicted molar refractivity (Wildman–Crippen MR) is 75.1 cm³/mol. The molecule has 1 atom stereocenters. The molecule has 100 valence electrons. The maximum atomic E-state index is 13.6. The summed E-state index contributed by atoms with van der Waals surface area (Å²) in [7, 11) is 0. The summed E-state index contributed by atoms with van der Waals surface area (Å²) in [5.41, 5.74) is 1.70. The fraction of sp³-hybridized carbons (Fsp3) is 0.214. The van der Waals surface area contributed by atoms with Gasteiger partial charge in [0.1, 0.15) is 16.2 Å². The van der Waals surface area contributed by atoms with Gasteiger partial charge in [-0.2, -0.15) is 0 Å². The van der Waals surface area contributed by atoms with Crippen molar-refractivity contribution in [3.8, 4) is 0 Å². The molecule has 0 aliphatic heterocycles. The Balaban J connectivity index is 2.25. The van der Waals surface area contributed by atoms with E-state index in [1.165, 1.54) is 18.2 Å². The molecule has 5 heteroatoms. The Morgan fingerprint density at radius 1 is 1.26 bits per heavy atom. The first-order valence-corrected chi connectivity index (χ1v) is 6.61. The zero-order chi connectivity index (χ0) is 14.0. The molecule has 1 aromatic heterocycles. The van der Waals surface area contributed by atoms with Crippen LogP contribution in [0.25, 0.3) is 0 Å². The van der Waals surface area contributed by atoms with E-state index in [1.54, 1.807) is 13.1 Å². The van der Waals surface area contributed by atoms with Crippen molar-refractivity contribution in [3.05, 3.63) is 57.8 Å². The molecule has 2 rings (SSSR count). The van der Waals surface area contributed by atoms with E-state index < -0.39 is 17.7 Å². The minimum absolute atomic E-state index is 0.0306. The topological polar surface area (TPSA) is 24.9 Å². The van der Waals surface area contributed by atoms with Crippen LogP contribution in [0.5, 0.6) is 0 Å². The van der Waals surface area contributed by atoms with E-state index in [1.807, 2.05) is 13.0 Å². The third-order valence-electron chi connectivity index (χ3n) is 2.83. The average molecular weight is 327 g/mol. The molecule has 1 aromatic carbocycles. The van der Waals surface area contributed by atoms with Crippen molar-refractivity contribution in [1.29, 1.82) is 0 Å². The minimum atomic E-state index is -0.554. The lowest BCUT2D eigenvalue weighted by Gasteiger charge is -2.17. The number of halogens is 3.